The molecule has 2 aromatic carbocycles. The summed E-state index contributed by atoms with van der Waals surface area (Å²) in [4.78, 5) is 1.10. The largest absolute Gasteiger partial charge is 0.483 e. The summed E-state index contributed by atoms with van der Waals surface area (Å²) in [6.45, 7) is 2.06. The van der Waals surface area contributed by atoms with Crippen molar-refractivity contribution in [3.8, 4) is 5.75 Å². The molecule has 0 fully saturated rings. The molecule has 2 N–H and O–H groups in total. The van der Waals surface area contributed by atoms with Crippen molar-refractivity contribution in [2.75, 3.05) is 6.26 Å². The molecule has 21 heavy (non-hydrogen) atoms. The minimum atomic E-state index is -0.206. The predicted octanol–water partition coefficient (Wildman–Crippen LogP) is 4.92. The fraction of sp³-hybridized carbons (Fsp3) is 0.294. The monoisotopic (exact) mass is 321 g/mol. The van der Waals surface area contributed by atoms with Crippen LogP contribution in [0.4, 0.5) is 0 Å². The number of nitrogens with two attached hydrogens (primary N) is 1. The fourth-order valence-corrected chi connectivity index (χ4v) is 2.88. The summed E-state index contributed by atoms with van der Waals surface area (Å²) in [5.74, 6) is 0.860. The zero-order chi connectivity index (χ0) is 15.2. The minimum Gasteiger partial charge on any atom is -0.483 e. The minimum absolute atomic E-state index is 0.0848. The molecule has 2 aromatic rings. The Labute approximate surface area is 135 Å². The highest BCUT2D eigenvalue weighted by molar-refractivity contribution is 7.98. The zero-order valence-electron chi connectivity index (χ0n) is 12.3. The molecule has 2 atom stereocenters. The molecule has 0 spiro atoms. The SMILES string of the molecule is CCC(N)C(Oc1ccccc1SC)c1cccc(Cl)c1. The van der Waals surface area contributed by atoms with Crippen LogP contribution in [-0.2, 0) is 0 Å². The van der Waals surface area contributed by atoms with Gasteiger partial charge in [-0.2, -0.15) is 0 Å². The van der Waals surface area contributed by atoms with Gasteiger partial charge < -0.3 is 10.5 Å². The Bertz CT molecular complexity index is 591. The van der Waals surface area contributed by atoms with Crippen molar-refractivity contribution in [1.82, 2.24) is 0 Å². The van der Waals surface area contributed by atoms with E-state index in [1.54, 1.807) is 11.8 Å². The topological polar surface area (TPSA) is 35.2 Å². The number of rotatable bonds is 6. The van der Waals surface area contributed by atoms with E-state index in [9.17, 15) is 0 Å². The van der Waals surface area contributed by atoms with E-state index in [0.717, 1.165) is 22.6 Å². The summed E-state index contributed by atoms with van der Waals surface area (Å²) < 4.78 is 6.23. The maximum Gasteiger partial charge on any atom is 0.139 e. The number of para-hydroxylation sites is 1. The lowest BCUT2D eigenvalue weighted by molar-refractivity contribution is 0.167. The van der Waals surface area contributed by atoms with Gasteiger partial charge in [-0.25, -0.2) is 0 Å². The van der Waals surface area contributed by atoms with Gasteiger partial charge in [-0.05, 0) is 42.5 Å². The molecule has 0 aliphatic heterocycles. The Morgan fingerprint density at radius 3 is 2.62 bits per heavy atom. The first-order valence-electron chi connectivity index (χ1n) is 6.96. The Morgan fingerprint density at radius 2 is 1.95 bits per heavy atom. The Morgan fingerprint density at radius 1 is 1.19 bits per heavy atom. The maximum atomic E-state index is 6.26. The molecule has 0 aromatic heterocycles. The standard InChI is InChI=1S/C17H20ClNOS/c1-3-14(19)17(12-7-6-8-13(18)11-12)20-15-9-4-5-10-16(15)21-2/h4-11,14,17H,3,19H2,1-2H3. The number of benzene rings is 2. The number of hydrogen-bond donors (Lipinski definition) is 1. The van der Waals surface area contributed by atoms with Gasteiger partial charge in [0.05, 0.1) is 0 Å². The number of thioether (sulfide) groups is 1. The van der Waals surface area contributed by atoms with Crippen LogP contribution in [0.1, 0.15) is 25.0 Å². The van der Waals surface area contributed by atoms with Crippen LogP contribution in [0.2, 0.25) is 5.02 Å². The first kappa shape index (κ1) is 16.2. The van der Waals surface area contributed by atoms with Gasteiger partial charge in [0.25, 0.3) is 0 Å². The van der Waals surface area contributed by atoms with E-state index >= 15 is 0 Å². The number of hydrogen-bond acceptors (Lipinski definition) is 3. The fourth-order valence-electron chi connectivity index (χ4n) is 2.15. The van der Waals surface area contributed by atoms with Gasteiger partial charge in [-0.3, -0.25) is 0 Å². The molecule has 2 unspecified atom stereocenters. The summed E-state index contributed by atoms with van der Waals surface area (Å²) in [6, 6.07) is 15.6. The van der Waals surface area contributed by atoms with Gasteiger partial charge in [0.15, 0.2) is 0 Å². The molecule has 2 nitrogen and oxygen atoms in total. The van der Waals surface area contributed by atoms with Gasteiger partial charge in [0, 0.05) is 16.0 Å². The molecular weight excluding hydrogens is 302 g/mol. The molecule has 0 saturated carbocycles. The highest BCUT2D eigenvalue weighted by Crippen LogP contribution is 2.33. The lowest BCUT2D eigenvalue weighted by Crippen LogP contribution is -2.31. The molecule has 0 saturated heterocycles. The van der Waals surface area contributed by atoms with Crippen LogP contribution < -0.4 is 10.5 Å². The van der Waals surface area contributed by atoms with Crippen molar-refractivity contribution >= 4 is 23.4 Å². The normalized spacial score (nSPS) is 13.7. The molecule has 112 valence electrons. The van der Waals surface area contributed by atoms with Crippen LogP contribution in [0.5, 0.6) is 5.75 Å². The summed E-state index contributed by atoms with van der Waals surface area (Å²) >= 11 is 7.76. The average Bonchev–Trinajstić information content (AvgIpc) is 2.52. The molecule has 0 aliphatic rings. The van der Waals surface area contributed by atoms with Crippen molar-refractivity contribution in [3.05, 3.63) is 59.1 Å². The van der Waals surface area contributed by atoms with Crippen LogP contribution in [0.3, 0.4) is 0 Å². The van der Waals surface area contributed by atoms with Crippen LogP contribution >= 0.6 is 23.4 Å². The summed E-state index contributed by atoms with van der Waals surface area (Å²) in [6.07, 6.45) is 2.66. The molecular formula is C17H20ClNOS. The van der Waals surface area contributed by atoms with Crippen molar-refractivity contribution in [1.29, 1.82) is 0 Å². The molecule has 0 aliphatic carbocycles. The van der Waals surface area contributed by atoms with E-state index in [2.05, 4.69) is 6.92 Å². The maximum absolute atomic E-state index is 6.26. The number of ether oxygens (including phenoxy) is 1. The summed E-state index contributed by atoms with van der Waals surface area (Å²) in [5.41, 5.74) is 7.27. The van der Waals surface area contributed by atoms with Gasteiger partial charge in [-0.1, -0.05) is 42.8 Å². The van der Waals surface area contributed by atoms with E-state index in [1.807, 2.05) is 54.8 Å². The molecule has 4 heteroatoms. The van der Waals surface area contributed by atoms with Gasteiger partial charge in [0.2, 0.25) is 0 Å². The molecule has 0 bridgehead atoms. The Hall–Kier alpha value is -1.16. The summed E-state index contributed by atoms with van der Waals surface area (Å²) in [7, 11) is 0. The van der Waals surface area contributed by atoms with Crippen molar-refractivity contribution in [2.45, 2.75) is 30.4 Å². The van der Waals surface area contributed by atoms with E-state index in [4.69, 9.17) is 22.1 Å². The molecule has 0 amide bonds. The Kier molecular flexibility index (Phi) is 5.97. The third-order valence-electron chi connectivity index (χ3n) is 3.36. The lowest BCUT2D eigenvalue weighted by atomic mass is 10.0. The van der Waals surface area contributed by atoms with Crippen LogP contribution in [-0.4, -0.2) is 12.3 Å². The quantitative estimate of drug-likeness (QED) is 0.767. The van der Waals surface area contributed by atoms with Crippen LogP contribution in [0.25, 0.3) is 0 Å². The smallest absolute Gasteiger partial charge is 0.139 e. The van der Waals surface area contributed by atoms with Crippen LogP contribution in [0.15, 0.2) is 53.4 Å². The van der Waals surface area contributed by atoms with Gasteiger partial charge in [-0.15, -0.1) is 11.8 Å². The molecule has 2 rings (SSSR count). The number of halogens is 1. The van der Waals surface area contributed by atoms with Gasteiger partial charge in [0.1, 0.15) is 11.9 Å². The Balaban J connectivity index is 2.33. The van der Waals surface area contributed by atoms with E-state index in [1.165, 1.54) is 0 Å². The average molecular weight is 322 g/mol. The van der Waals surface area contributed by atoms with Crippen molar-refractivity contribution < 1.29 is 4.74 Å². The predicted molar refractivity (Wildman–Crippen MR) is 91.3 cm³/mol. The third kappa shape index (κ3) is 4.16. The first-order chi connectivity index (χ1) is 10.2. The molecule has 0 heterocycles. The molecule has 0 radical (unpaired) electrons. The van der Waals surface area contributed by atoms with Crippen molar-refractivity contribution in [2.24, 2.45) is 5.73 Å². The third-order valence-corrected chi connectivity index (χ3v) is 4.37. The second-order valence-corrected chi connectivity index (χ2v) is 6.10. The first-order valence-corrected chi connectivity index (χ1v) is 8.56. The van der Waals surface area contributed by atoms with Crippen molar-refractivity contribution in [3.63, 3.8) is 0 Å². The highest BCUT2D eigenvalue weighted by atomic mass is 35.5. The van der Waals surface area contributed by atoms with Gasteiger partial charge >= 0.3 is 0 Å². The zero-order valence-corrected chi connectivity index (χ0v) is 13.8. The summed E-state index contributed by atoms with van der Waals surface area (Å²) in [5, 5.41) is 0.697. The van der Waals surface area contributed by atoms with E-state index in [-0.39, 0.29) is 12.1 Å². The van der Waals surface area contributed by atoms with E-state index < -0.39 is 0 Å². The second-order valence-electron chi connectivity index (χ2n) is 4.82. The lowest BCUT2D eigenvalue weighted by Gasteiger charge is -2.26. The van der Waals surface area contributed by atoms with E-state index in [0.29, 0.717) is 5.02 Å². The highest BCUT2D eigenvalue weighted by Gasteiger charge is 2.21. The second kappa shape index (κ2) is 7.74. The van der Waals surface area contributed by atoms with Crippen LogP contribution in [0, 0.1) is 0 Å².